The number of benzene rings is 1. The van der Waals surface area contributed by atoms with Crippen molar-refractivity contribution in [1.29, 1.82) is 0 Å². The summed E-state index contributed by atoms with van der Waals surface area (Å²) in [4.78, 5) is 32.2. The molecule has 10 nitrogen and oxygen atoms in total. The van der Waals surface area contributed by atoms with E-state index in [0.29, 0.717) is 11.3 Å². The molecule has 41 heavy (non-hydrogen) atoms. The van der Waals surface area contributed by atoms with Gasteiger partial charge in [-0.05, 0) is 52.0 Å². The van der Waals surface area contributed by atoms with Gasteiger partial charge >= 0.3 is 6.18 Å². The highest BCUT2D eigenvalue weighted by Gasteiger charge is 2.44. The van der Waals surface area contributed by atoms with Crippen LogP contribution in [0.4, 0.5) is 29.1 Å². The largest absolute Gasteiger partial charge is 0.410 e. The highest BCUT2D eigenvalue weighted by atomic mass is 19.4. The summed E-state index contributed by atoms with van der Waals surface area (Å²) in [5.74, 6) is -1.42. The lowest BCUT2D eigenvalue weighted by Crippen LogP contribution is -2.64. The van der Waals surface area contributed by atoms with Crippen molar-refractivity contribution >= 4 is 41.3 Å². The molecule has 1 fully saturated rings. The monoisotopic (exact) mass is 574 g/mol. The van der Waals surface area contributed by atoms with E-state index in [2.05, 4.69) is 21.9 Å². The summed E-state index contributed by atoms with van der Waals surface area (Å²) in [5.41, 5.74) is 6.19. The number of aromatic nitrogens is 3. The quantitative estimate of drug-likeness (QED) is 0.267. The minimum absolute atomic E-state index is 0.0103. The van der Waals surface area contributed by atoms with Crippen molar-refractivity contribution in [2.75, 3.05) is 23.7 Å². The first-order valence-electron chi connectivity index (χ1n) is 12.7. The number of hydrazone groups is 1. The van der Waals surface area contributed by atoms with E-state index in [4.69, 9.17) is 5.73 Å². The number of carbonyl (C=O) groups excluding carboxylic acids is 2. The smallest absolute Gasteiger partial charge is 0.382 e. The van der Waals surface area contributed by atoms with Crippen LogP contribution in [-0.4, -0.2) is 73.9 Å². The second-order valence-electron chi connectivity index (χ2n) is 10.1. The van der Waals surface area contributed by atoms with Crippen molar-refractivity contribution in [1.82, 2.24) is 24.5 Å². The molecular weight excluding hydrogens is 544 g/mol. The van der Waals surface area contributed by atoms with Gasteiger partial charge in [-0.1, -0.05) is 6.08 Å². The summed E-state index contributed by atoms with van der Waals surface area (Å²) >= 11 is 0. The van der Waals surface area contributed by atoms with Crippen LogP contribution in [0.5, 0.6) is 0 Å². The maximum atomic E-state index is 15.2. The molecule has 1 saturated heterocycles. The molecule has 218 valence electrons. The van der Waals surface area contributed by atoms with Gasteiger partial charge in [0.2, 0.25) is 5.91 Å². The molecule has 2 N–H and O–H groups in total. The van der Waals surface area contributed by atoms with Crippen molar-refractivity contribution in [3.63, 3.8) is 0 Å². The van der Waals surface area contributed by atoms with Gasteiger partial charge in [0.15, 0.2) is 5.82 Å². The number of amides is 2. The van der Waals surface area contributed by atoms with Gasteiger partial charge in [0.25, 0.3) is 5.91 Å². The van der Waals surface area contributed by atoms with E-state index >= 15 is 4.39 Å². The number of rotatable bonds is 6. The summed E-state index contributed by atoms with van der Waals surface area (Å²) in [7, 11) is 0. The molecule has 0 spiro atoms. The van der Waals surface area contributed by atoms with Crippen LogP contribution in [-0.2, 0) is 9.59 Å². The number of fused-ring (bicyclic) bond motifs is 1. The zero-order valence-corrected chi connectivity index (χ0v) is 23.2. The van der Waals surface area contributed by atoms with Crippen LogP contribution in [0.3, 0.4) is 0 Å². The Bertz CT molecular complexity index is 1560. The van der Waals surface area contributed by atoms with Crippen LogP contribution in [0.2, 0.25) is 0 Å². The molecule has 0 radical (unpaired) electrons. The molecular formula is C27H30F4N8O2. The zero-order chi connectivity index (χ0) is 30.4. The third kappa shape index (κ3) is 4.98. The summed E-state index contributed by atoms with van der Waals surface area (Å²) in [6, 6.07) is 3.63. The fraction of sp³-hybridized carbons (Fsp3) is 0.370. The van der Waals surface area contributed by atoms with E-state index in [0.717, 1.165) is 11.9 Å². The van der Waals surface area contributed by atoms with E-state index < -0.39 is 29.5 Å². The first kappa shape index (κ1) is 29.5. The third-order valence-electron chi connectivity index (χ3n) is 7.28. The summed E-state index contributed by atoms with van der Waals surface area (Å²) in [6.45, 7) is 10.6. The average molecular weight is 575 g/mol. The second-order valence-corrected chi connectivity index (χ2v) is 10.1. The minimum atomic E-state index is -4.62. The van der Waals surface area contributed by atoms with Crippen molar-refractivity contribution in [2.45, 2.75) is 52.4 Å². The summed E-state index contributed by atoms with van der Waals surface area (Å²) < 4.78 is 57.6. The first-order chi connectivity index (χ1) is 19.1. The minimum Gasteiger partial charge on any atom is -0.382 e. The number of halogens is 4. The van der Waals surface area contributed by atoms with Crippen molar-refractivity contribution < 1.29 is 27.2 Å². The van der Waals surface area contributed by atoms with Gasteiger partial charge in [0.05, 0.1) is 17.1 Å². The molecule has 1 aliphatic rings. The Balaban J connectivity index is 1.87. The molecule has 0 aliphatic carbocycles. The number of allylic oxidation sites excluding steroid dienone is 1. The normalized spacial score (nSPS) is 16.7. The van der Waals surface area contributed by atoms with E-state index in [1.807, 2.05) is 0 Å². The lowest BCUT2D eigenvalue weighted by molar-refractivity contribution is -0.170. The zero-order valence-electron chi connectivity index (χ0n) is 23.2. The Morgan fingerprint density at radius 2 is 1.95 bits per heavy atom. The lowest BCUT2D eigenvalue weighted by Gasteiger charge is -2.45. The van der Waals surface area contributed by atoms with Crippen LogP contribution in [0, 0.1) is 5.82 Å². The number of carbonyl (C=O) groups is 2. The number of nitrogen functional groups attached to an aromatic ring is 1. The number of hydrogen-bond donors (Lipinski definition) is 1. The summed E-state index contributed by atoms with van der Waals surface area (Å²) in [6.07, 6.45) is -1.99. The first-order valence-corrected chi connectivity index (χ1v) is 12.7. The van der Waals surface area contributed by atoms with Gasteiger partial charge in [-0.3, -0.25) is 14.6 Å². The van der Waals surface area contributed by atoms with E-state index in [1.54, 1.807) is 26.8 Å². The number of hydrogen-bond acceptors (Lipinski definition) is 7. The van der Waals surface area contributed by atoms with E-state index in [-0.39, 0.29) is 47.3 Å². The molecule has 3 heterocycles. The average Bonchev–Trinajstić information content (AvgIpc) is 3.28. The maximum Gasteiger partial charge on any atom is 0.410 e. The van der Waals surface area contributed by atoms with Crippen molar-refractivity contribution in [2.24, 2.45) is 5.10 Å². The SMILES string of the molecule is C=NN(/C(=C\C)c1cc(-c2ccc(F)c(N3CCN(C(C)=O)C(C)(C)C3=O)c2)n2ncnc(N)c12)[C@H](C)C(F)(F)F. The van der Waals surface area contributed by atoms with Crippen LogP contribution in [0.15, 0.2) is 41.8 Å². The number of nitrogens with zero attached hydrogens (tertiary/aromatic N) is 7. The van der Waals surface area contributed by atoms with Crippen LogP contribution in [0.1, 0.15) is 40.2 Å². The number of nitrogens with two attached hydrogens (primary N) is 1. The predicted octanol–water partition coefficient (Wildman–Crippen LogP) is 4.32. The molecule has 3 aromatic rings. The molecule has 0 unspecified atom stereocenters. The highest BCUT2D eigenvalue weighted by Crippen LogP contribution is 2.38. The van der Waals surface area contributed by atoms with E-state index in [1.165, 1.54) is 51.8 Å². The maximum absolute atomic E-state index is 15.2. The molecule has 14 heteroatoms. The molecule has 1 aliphatic heterocycles. The molecule has 2 amide bonds. The van der Waals surface area contributed by atoms with Gasteiger partial charge < -0.3 is 15.5 Å². The number of anilines is 2. The molecule has 4 rings (SSSR count). The third-order valence-corrected chi connectivity index (χ3v) is 7.28. The Morgan fingerprint density at radius 1 is 1.27 bits per heavy atom. The van der Waals surface area contributed by atoms with Crippen molar-refractivity contribution in [3.8, 4) is 11.3 Å². The molecule has 0 bridgehead atoms. The number of piperazine rings is 1. The fourth-order valence-electron chi connectivity index (χ4n) is 5.11. The van der Waals surface area contributed by atoms with Crippen LogP contribution >= 0.6 is 0 Å². The summed E-state index contributed by atoms with van der Waals surface area (Å²) in [5, 5.41) is 8.62. The molecule has 2 aromatic heterocycles. The van der Waals surface area contributed by atoms with Crippen LogP contribution in [0.25, 0.3) is 22.5 Å². The van der Waals surface area contributed by atoms with Gasteiger partial charge in [-0.2, -0.15) is 23.4 Å². The Morgan fingerprint density at radius 3 is 2.54 bits per heavy atom. The second kappa shape index (κ2) is 10.5. The van der Waals surface area contributed by atoms with Gasteiger partial charge in [-0.15, -0.1) is 0 Å². The van der Waals surface area contributed by atoms with Gasteiger partial charge in [0.1, 0.15) is 29.2 Å². The predicted molar refractivity (Wildman–Crippen MR) is 147 cm³/mol. The molecule has 1 aromatic carbocycles. The molecule has 0 saturated carbocycles. The Labute approximate surface area is 233 Å². The lowest BCUT2D eigenvalue weighted by atomic mass is 9.96. The van der Waals surface area contributed by atoms with Gasteiger partial charge in [0, 0.05) is 37.9 Å². The Hall–Kier alpha value is -4.49. The fourth-order valence-corrected chi connectivity index (χ4v) is 5.11. The molecule has 1 atom stereocenters. The standard InChI is InChI=1S/C27H30F4N8O2/c1-7-20(38(33-6)15(2)27(29,30)31)18-13-21(39-23(18)24(32)34-14-35-39)17-8-9-19(28)22(12-17)36-10-11-37(16(3)40)26(4,5)25(36)41/h7-9,12-15H,6,10-11H2,1-5H3,(H2,32,34,35)/b20-7-/t15-/m1/s1. The number of alkyl halides is 3. The topological polar surface area (TPSA) is 112 Å². The Kier molecular flexibility index (Phi) is 7.54. The van der Waals surface area contributed by atoms with Crippen molar-refractivity contribution in [3.05, 3.63) is 48.0 Å². The highest BCUT2D eigenvalue weighted by molar-refractivity contribution is 6.03. The van der Waals surface area contributed by atoms with Gasteiger partial charge in [-0.25, -0.2) is 13.9 Å². The van der Waals surface area contributed by atoms with Crippen LogP contribution < -0.4 is 10.6 Å². The van der Waals surface area contributed by atoms with E-state index in [9.17, 15) is 22.8 Å².